The molecule has 1 aliphatic rings. The van der Waals surface area contributed by atoms with E-state index in [9.17, 15) is 14.4 Å². The monoisotopic (exact) mass is 357 g/mol. The summed E-state index contributed by atoms with van der Waals surface area (Å²) in [6.07, 6.45) is 3.82. The van der Waals surface area contributed by atoms with Gasteiger partial charge in [-0.2, -0.15) is 5.10 Å². The quantitative estimate of drug-likeness (QED) is 0.888. The maximum absolute atomic E-state index is 12.4. The van der Waals surface area contributed by atoms with Gasteiger partial charge in [-0.25, -0.2) is 9.48 Å². The van der Waals surface area contributed by atoms with Crippen LogP contribution in [-0.2, 0) is 24.3 Å². The summed E-state index contributed by atoms with van der Waals surface area (Å²) in [7, 11) is 3.34. The van der Waals surface area contributed by atoms with Gasteiger partial charge in [0.05, 0.1) is 0 Å². The first kappa shape index (κ1) is 17.9. The van der Waals surface area contributed by atoms with Gasteiger partial charge in [-0.3, -0.25) is 14.2 Å². The number of aryl methyl sites for hydroxylation is 1. The number of carbonyl (C=O) groups is 2. The molecule has 0 atom stereocenters. The number of hydrogen-bond acceptors (Lipinski definition) is 4. The summed E-state index contributed by atoms with van der Waals surface area (Å²) in [6.45, 7) is 0.509. The van der Waals surface area contributed by atoms with E-state index in [2.05, 4.69) is 10.4 Å². The summed E-state index contributed by atoms with van der Waals surface area (Å²) in [5.74, 6) is 0.254. The second-order valence-corrected chi connectivity index (χ2v) is 6.65. The number of carbonyl (C=O) groups excluding carboxylic acids is 2. The molecule has 0 saturated carbocycles. The third-order valence-corrected chi connectivity index (χ3v) is 4.37. The van der Waals surface area contributed by atoms with Gasteiger partial charge >= 0.3 is 5.69 Å². The summed E-state index contributed by atoms with van der Waals surface area (Å²) in [4.78, 5) is 38.2. The molecule has 8 heteroatoms. The number of rotatable bonds is 4. The van der Waals surface area contributed by atoms with E-state index in [0.29, 0.717) is 17.8 Å². The fraction of sp³-hybridized carbons (Fsp3) is 0.444. The van der Waals surface area contributed by atoms with E-state index in [4.69, 9.17) is 0 Å². The van der Waals surface area contributed by atoms with Crippen molar-refractivity contribution in [3.8, 4) is 0 Å². The first-order chi connectivity index (χ1) is 12.5. The minimum atomic E-state index is -0.352. The highest BCUT2D eigenvalue weighted by Crippen LogP contribution is 2.13. The van der Waals surface area contributed by atoms with E-state index in [1.807, 2.05) is 0 Å². The fourth-order valence-corrected chi connectivity index (χ4v) is 3.05. The normalized spacial score (nSPS) is 13.6. The molecule has 3 rings (SSSR count). The Morgan fingerprint density at radius 3 is 2.81 bits per heavy atom. The molecule has 2 aromatic rings. The predicted molar refractivity (Wildman–Crippen MR) is 97.1 cm³/mol. The SMILES string of the molecule is CN(C)C(=O)c1cccc(NC(=O)Cn2nc3n(c2=O)CCCCC3)c1. The van der Waals surface area contributed by atoms with Crippen molar-refractivity contribution >= 4 is 17.5 Å². The number of fused-ring (bicyclic) bond motifs is 1. The number of amides is 2. The van der Waals surface area contributed by atoms with Gasteiger partial charge < -0.3 is 10.2 Å². The zero-order valence-corrected chi connectivity index (χ0v) is 15.1. The van der Waals surface area contributed by atoms with Gasteiger partial charge in [-0.15, -0.1) is 0 Å². The average Bonchev–Trinajstić information content (AvgIpc) is 2.77. The second-order valence-electron chi connectivity index (χ2n) is 6.65. The first-order valence-corrected chi connectivity index (χ1v) is 8.74. The molecule has 1 N–H and O–H groups in total. The maximum atomic E-state index is 12.4. The molecule has 0 spiro atoms. The molecule has 8 nitrogen and oxygen atoms in total. The van der Waals surface area contributed by atoms with E-state index in [0.717, 1.165) is 31.5 Å². The predicted octanol–water partition coefficient (Wildman–Crippen LogP) is 1.11. The van der Waals surface area contributed by atoms with Crippen LogP contribution in [0.4, 0.5) is 5.69 Å². The zero-order valence-electron chi connectivity index (χ0n) is 15.1. The van der Waals surface area contributed by atoms with Crippen LogP contribution in [0.5, 0.6) is 0 Å². The zero-order chi connectivity index (χ0) is 18.7. The van der Waals surface area contributed by atoms with Crippen molar-refractivity contribution in [2.24, 2.45) is 0 Å². The van der Waals surface area contributed by atoms with Crippen LogP contribution in [0.1, 0.15) is 35.4 Å². The van der Waals surface area contributed by atoms with Gasteiger partial charge in [0.15, 0.2) is 0 Å². The van der Waals surface area contributed by atoms with Crippen molar-refractivity contribution in [2.75, 3.05) is 19.4 Å². The third kappa shape index (κ3) is 3.84. The Kier molecular flexibility index (Phi) is 5.20. The summed E-state index contributed by atoms with van der Waals surface area (Å²) in [6, 6.07) is 6.72. The summed E-state index contributed by atoms with van der Waals surface area (Å²) in [5, 5.41) is 7.03. The number of nitrogens with zero attached hydrogens (tertiary/aromatic N) is 4. The number of nitrogens with one attached hydrogen (secondary N) is 1. The summed E-state index contributed by atoms with van der Waals surface area (Å²) >= 11 is 0. The lowest BCUT2D eigenvalue weighted by Gasteiger charge is -2.11. The molecule has 138 valence electrons. The first-order valence-electron chi connectivity index (χ1n) is 8.74. The molecule has 26 heavy (non-hydrogen) atoms. The largest absolute Gasteiger partial charge is 0.346 e. The van der Waals surface area contributed by atoms with Crippen LogP contribution in [-0.4, -0.2) is 45.2 Å². The minimum Gasteiger partial charge on any atom is -0.345 e. The maximum Gasteiger partial charge on any atom is 0.346 e. The fourth-order valence-electron chi connectivity index (χ4n) is 3.05. The van der Waals surface area contributed by atoms with Gasteiger partial charge in [0.2, 0.25) is 5.91 Å². The van der Waals surface area contributed by atoms with Crippen LogP contribution in [0, 0.1) is 0 Å². The van der Waals surface area contributed by atoms with E-state index < -0.39 is 0 Å². The van der Waals surface area contributed by atoms with Crippen molar-refractivity contribution in [2.45, 2.75) is 38.8 Å². The lowest BCUT2D eigenvalue weighted by molar-refractivity contribution is -0.117. The Morgan fingerprint density at radius 2 is 2.04 bits per heavy atom. The van der Waals surface area contributed by atoms with E-state index in [1.165, 1.54) is 9.58 Å². The molecule has 0 radical (unpaired) electrons. The summed E-state index contributed by atoms with van der Waals surface area (Å²) in [5.41, 5.74) is 0.754. The molecule has 0 unspecified atom stereocenters. The average molecular weight is 357 g/mol. The van der Waals surface area contributed by atoms with Gasteiger partial charge in [-0.1, -0.05) is 12.5 Å². The van der Waals surface area contributed by atoms with Gasteiger partial charge in [0.25, 0.3) is 5.91 Å². The van der Waals surface area contributed by atoms with Crippen molar-refractivity contribution in [1.82, 2.24) is 19.2 Å². The van der Waals surface area contributed by atoms with E-state index in [-0.39, 0.29) is 24.0 Å². The lowest BCUT2D eigenvalue weighted by atomic mass is 10.2. The van der Waals surface area contributed by atoms with Gasteiger partial charge in [0, 0.05) is 38.3 Å². The van der Waals surface area contributed by atoms with Crippen LogP contribution in [0.25, 0.3) is 0 Å². The Morgan fingerprint density at radius 1 is 1.23 bits per heavy atom. The standard InChI is InChI=1S/C18H23N5O3/c1-21(2)17(25)13-7-6-8-14(11-13)19-16(24)12-23-18(26)22-10-5-3-4-9-15(22)20-23/h6-8,11H,3-5,9-10,12H2,1-2H3,(H,19,24). The van der Waals surface area contributed by atoms with E-state index in [1.54, 1.807) is 42.9 Å². The lowest BCUT2D eigenvalue weighted by Crippen LogP contribution is -2.30. The van der Waals surface area contributed by atoms with Crippen LogP contribution >= 0.6 is 0 Å². The van der Waals surface area contributed by atoms with Crippen LogP contribution in [0.3, 0.4) is 0 Å². The number of anilines is 1. The highest BCUT2D eigenvalue weighted by atomic mass is 16.2. The Hall–Kier alpha value is -2.90. The van der Waals surface area contributed by atoms with Crippen molar-refractivity contribution in [3.05, 3.63) is 46.1 Å². The molecule has 0 fully saturated rings. The van der Waals surface area contributed by atoms with Crippen molar-refractivity contribution < 1.29 is 9.59 Å². The van der Waals surface area contributed by atoms with E-state index >= 15 is 0 Å². The molecular formula is C18H23N5O3. The molecule has 0 bridgehead atoms. The highest BCUT2D eigenvalue weighted by Gasteiger charge is 2.17. The van der Waals surface area contributed by atoms with Crippen LogP contribution in [0.2, 0.25) is 0 Å². The molecular weight excluding hydrogens is 334 g/mol. The van der Waals surface area contributed by atoms with Gasteiger partial charge in [0.1, 0.15) is 12.4 Å². The molecule has 1 aromatic carbocycles. The third-order valence-electron chi connectivity index (χ3n) is 4.37. The molecule has 2 amide bonds. The molecule has 1 aliphatic heterocycles. The highest BCUT2D eigenvalue weighted by molar-refractivity contribution is 5.96. The molecule has 1 aromatic heterocycles. The van der Waals surface area contributed by atoms with Gasteiger partial charge in [-0.05, 0) is 31.0 Å². The second kappa shape index (κ2) is 7.55. The van der Waals surface area contributed by atoms with Crippen molar-refractivity contribution in [3.63, 3.8) is 0 Å². The van der Waals surface area contributed by atoms with Crippen molar-refractivity contribution in [1.29, 1.82) is 0 Å². The summed E-state index contributed by atoms with van der Waals surface area (Å²) < 4.78 is 2.88. The number of benzene rings is 1. The molecule has 0 aliphatic carbocycles. The molecule has 2 heterocycles. The smallest absolute Gasteiger partial charge is 0.345 e. The van der Waals surface area contributed by atoms with Crippen LogP contribution < -0.4 is 11.0 Å². The Bertz CT molecular complexity index is 881. The minimum absolute atomic E-state index is 0.143. The molecule has 0 saturated heterocycles. The van der Waals surface area contributed by atoms with Crippen LogP contribution in [0.15, 0.2) is 29.1 Å². The topological polar surface area (TPSA) is 89.2 Å². The Labute approximate surface area is 151 Å². The number of aromatic nitrogens is 3. The number of hydrogen-bond donors (Lipinski definition) is 1. The Balaban J connectivity index is 1.71.